The maximum atomic E-state index is 13.6. The number of nitrogens with zero attached hydrogens (tertiary/aromatic N) is 1. The number of amides is 1. The van der Waals surface area contributed by atoms with Gasteiger partial charge in [0.1, 0.15) is 11.9 Å². The van der Waals surface area contributed by atoms with Gasteiger partial charge in [0.2, 0.25) is 5.91 Å². The van der Waals surface area contributed by atoms with Crippen LogP contribution >= 0.6 is 0 Å². The Morgan fingerprint density at radius 1 is 1.12 bits per heavy atom. The third-order valence-electron chi connectivity index (χ3n) is 4.46. The van der Waals surface area contributed by atoms with Crippen LogP contribution in [0, 0.1) is 12.7 Å². The third-order valence-corrected chi connectivity index (χ3v) is 4.46. The Kier molecular flexibility index (Phi) is 5.73. The molecule has 0 unspecified atom stereocenters. The van der Waals surface area contributed by atoms with Crippen LogP contribution in [0.3, 0.4) is 0 Å². The van der Waals surface area contributed by atoms with E-state index in [0.29, 0.717) is 11.3 Å². The summed E-state index contributed by atoms with van der Waals surface area (Å²) >= 11 is 0. The van der Waals surface area contributed by atoms with Gasteiger partial charge in [-0.15, -0.1) is 0 Å². The molecule has 2 aromatic rings. The lowest BCUT2D eigenvalue weighted by atomic mass is 10.2. The highest BCUT2D eigenvalue weighted by molar-refractivity contribution is 5.96. The molecule has 0 saturated carbocycles. The van der Waals surface area contributed by atoms with Crippen molar-refractivity contribution in [2.45, 2.75) is 19.9 Å². The minimum absolute atomic E-state index is 0.176. The van der Waals surface area contributed by atoms with E-state index in [1.807, 2.05) is 24.3 Å². The van der Waals surface area contributed by atoms with Crippen molar-refractivity contribution in [1.29, 1.82) is 0 Å². The molecule has 0 aliphatic carbocycles. The van der Waals surface area contributed by atoms with Crippen LogP contribution < -0.4 is 15.5 Å². The molecule has 1 amide bonds. The number of hydrogen-bond donors (Lipinski definition) is 2. The van der Waals surface area contributed by atoms with Gasteiger partial charge in [-0.05, 0) is 55.8 Å². The highest BCUT2D eigenvalue weighted by Crippen LogP contribution is 2.20. The summed E-state index contributed by atoms with van der Waals surface area (Å²) in [6.45, 7) is 6.67. The molecule has 1 heterocycles. The van der Waals surface area contributed by atoms with Gasteiger partial charge in [0.05, 0.1) is 13.2 Å². The standard InChI is InChI=1S/C20H24FN3O2/c1-14-3-4-17(13-19(14)21)22-15(2)20(25)23-16-5-7-18(8-6-16)24-9-11-26-12-10-24/h3-8,13,15,22H,9-12H2,1-2H3,(H,23,25)/t15-/m1/s1. The fraction of sp³-hybridized carbons (Fsp3) is 0.350. The summed E-state index contributed by atoms with van der Waals surface area (Å²) in [6.07, 6.45) is 0. The molecular formula is C20H24FN3O2. The van der Waals surface area contributed by atoms with Crippen LogP contribution in [0.1, 0.15) is 12.5 Å². The third kappa shape index (κ3) is 4.52. The molecule has 6 heteroatoms. The molecule has 3 rings (SSSR count). The van der Waals surface area contributed by atoms with Crippen LogP contribution in [0.25, 0.3) is 0 Å². The molecule has 26 heavy (non-hydrogen) atoms. The van der Waals surface area contributed by atoms with E-state index in [1.54, 1.807) is 26.0 Å². The smallest absolute Gasteiger partial charge is 0.246 e. The molecule has 5 nitrogen and oxygen atoms in total. The van der Waals surface area contributed by atoms with E-state index in [0.717, 1.165) is 37.7 Å². The molecule has 0 spiro atoms. The van der Waals surface area contributed by atoms with Gasteiger partial charge in [0.15, 0.2) is 0 Å². The summed E-state index contributed by atoms with van der Waals surface area (Å²) in [5, 5.41) is 5.90. The molecule has 138 valence electrons. The summed E-state index contributed by atoms with van der Waals surface area (Å²) in [7, 11) is 0. The van der Waals surface area contributed by atoms with Crippen LogP contribution in [0.2, 0.25) is 0 Å². The van der Waals surface area contributed by atoms with E-state index in [2.05, 4.69) is 15.5 Å². The number of halogens is 1. The first-order chi connectivity index (χ1) is 12.5. The van der Waals surface area contributed by atoms with Crippen molar-refractivity contribution in [2.24, 2.45) is 0 Å². The molecule has 1 fully saturated rings. The number of anilines is 3. The van der Waals surface area contributed by atoms with E-state index in [1.165, 1.54) is 6.07 Å². The van der Waals surface area contributed by atoms with Gasteiger partial charge < -0.3 is 20.3 Å². The molecule has 2 N–H and O–H groups in total. The first kappa shape index (κ1) is 18.2. The summed E-state index contributed by atoms with van der Waals surface area (Å²) < 4.78 is 19.0. The van der Waals surface area contributed by atoms with Crippen molar-refractivity contribution < 1.29 is 13.9 Å². The average molecular weight is 357 g/mol. The Morgan fingerprint density at radius 3 is 2.42 bits per heavy atom. The summed E-state index contributed by atoms with van der Waals surface area (Å²) in [4.78, 5) is 14.6. The molecule has 1 aliphatic rings. The van der Waals surface area contributed by atoms with Crippen molar-refractivity contribution in [3.63, 3.8) is 0 Å². The normalized spacial score (nSPS) is 15.4. The molecule has 1 atom stereocenters. The lowest BCUT2D eigenvalue weighted by molar-refractivity contribution is -0.116. The second-order valence-electron chi connectivity index (χ2n) is 6.47. The lowest BCUT2D eigenvalue weighted by Crippen LogP contribution is -2.36. The molecular weight excluding hydrogens is 333 g/mol. The number of nitrogens with one attached hydrogen (secondary N) is 2. The van der Waals surface area contributed by atoms with Crippen molar-refractivity contribution in [1.82, 2.24) is 0 Å². The number of rotatable bonds is 5. The number of aryl methyl sites for hydroxylation is 1. The Morgan fingerprint density at radius 2 is 1.77 bits per heavy atom. The quantitative estimate of drug-likeness (QED) is 0.861. The molecule has 1 saturated heterocycles. The Bertz CT molecular complexity index is 758. The van der Waals surface area contributed by atoms with Crippen molar-refractivity contribution >= 4 is 23.0 Å². The molecule has 0 aromatic heterocycles. The Balaban J connectivity index is 1.57. The largest absolute Gasteiger partial charge is 0.378 e. The van der Waals surface area contributed by atoms with E-state index in [9.17, 15) is 9.18 Å². The van der Waals surface area contributed by atoms with E-state index in [-0.39, 0.29) is 11.7 Å². The van der Waals surface area contributed by atoms with Gasteiger partial charge in [0.25, 0.3) is 0 Å². The van der Waals surface area contributed by atoms with Crippen molar-refractivity contribution in [3.8, 4) is 0 Å². The van der Waals surface area contributed by atoms with E-state index in [4.69, 9.17) is 4.74 Å². The van der Waals surface area contributed by atoms with Crippen LogP contribution in [-0.4, -0.2) is 38.3 Å². The van der Waals surface area contributed by atoms with Crippen LogP contribution in [0.4, 0.5) is 21.5 Å². The number of hydrogen-bond acceptors (Lipinski definition) is 4. The predicted octanol–water partition coefficient (Wildman–Crippen LogP) is 3.41. The highest BCUT2D eigenvalue weighted by Gasteiger charge is 2.14. The molecule has 0 radical (unpaired) electrons. The minimum atomic E-state index is -0.490. The fourth-order valence-electron chi connectivity index (χ4n) is 2.83. The first-order valence-corrected chi connectivity index (χ1v) is 8.79. The van der Waals surface area contributed by atoms with Gasteiger partial charge in [0, 0.05) is 30.2 Å². The fourth-order valence-corrected chi connectivity index (χ4v) is 2.83. The highest BCUT2D eigenvalue weighted by atomic mass is 19.1. The summed E-state index contributed by atoms with van der Waals surface area (Å²) in [6, 6.07) is 12.1. The minimum Gasteiger partial charge on any atom is -0.378 e. The van der Waals surface area contributed by atoms with Gasteiger partial charge in [-0.2, -0.15) is 0 Å². The lowest BCUT2D eigenvalue weighted by Gasteiger charge is -2.29. The maximum Gasteiger partial charge on any atom is 0.246 e. The number of morpholine rings is 1. The zero-order valence-electron chi connectivity index (χ0n) is 15.1. The number of carbonyl (C=O) groups excluding carboxylic acids is 1. The van der Waals surface area contributed by atoms with Gasteiger partial charge in [-0.25, -0.2) is 4.39 Å². The predicted molar refractivity (Wildman–Crippen MR) is 102 cm³/mol. The Hall–Kier alpha value is -2.60. The van der Waals surface area contributed by atoms with E-state index < -0.39 is 6.04 Å². The summed E-state index contributed by atoms with van der Waals surface area (Å²) in [5.74, 6) is -0.466. The Labute approximate surface area is 153 Å². The van der Waals surface area contributed by atoms with Gasteiger partial charge in [-0.1, -0.05) is 6.07 Å². The topological polar surface area (TPSA) is 53.6 Å². The molecule has 2 aromatic carbocycles. The zero-order valence-corrected chi connectivity index (χ0v) is 15.1. The second kappa shape index (κ2) is 8.19. The number of ether oxygens (including phenoxy) is 1. The number of benzene rings is 2. The maximum absolute atomic E-state index is 13.6. The van der Waals surface area contributed by atoms with Crippen molar-refractivity contribution in [2.75, 3.05) is 41.8 Å². The molecule has 0 bridgehead atoms. The average Bonchev–Trinajstić information content (AvgIpc) is 2.66. The van der Waals surface area contributed by atoms with E-state index >= 15 is 0 Å². The van der Waals surface area contributed by atoms with Crippen molar-refractivity contribution in [3.05, 3.63) is 53.8 Å². The monoisotopic (exact) mass is 357 g/mol. The van der Waals surface area contributed by atoms with Crippen LogP contribution in [-0.2, 0) is 9.53 Å². The first-order valence-electron chi connectivity index (χ1n) is 8.79. The van der Waals surface area contributed by atoms with Gasteiger partial charge >= 0.3 is 0 Å². The zero-order chi connectivity index (χ0) is 18.5. The second-order valence-corrected chi connectivity index (χ2v) is 6.47. The summed E-state index contributed by atoms with van der Waals surface area (Å²) in [5.41, 5.74) is 3.01. The van der Waals surface area contributed by atoms with Crippen LogP contribution in [0.5, 0.6) is 0 Å². The SMILES string of the molecule is Cc1ccc(N[C@H](C)C(=O)Nc2ccc(N3CCOCC3)cc2)cc1F. The van der Waals surface area contributed by atoms with Gasteiger partial charge in [-0.3, -0.25) is 4.79 Å². The van der Waals surface area contributed by atoms with Crippen LogP contribution in [0.15, 0.2) is 42.5 Å². The molecule has 1 aliphatic heterocycles. The number of carbonyl (C=O) groups is 1.